The second kappa shape index (κ2) is 2.55. The van der Waals surface area contributed by atoms with E-state index in [1.807, 2.05) is 0 Å². The molecule has 4 rings (SSSR count). The molecule has 3 heterocycles. The molecule has 4 fully saturated rings. The number of alkyl halides is 7. The van der Waals surface area contributed by atoms with Crippen LogP contribution < -0.4 is 0 Å². The van der Waals surface area contributed by atoms with E-state index in [0.29, 0.717) is 4.90 Å². The molecule has 16 heavy (non-hydrogen) atoms. The van der Waals surface area contributed by atoms with Crippen LogP contribution in [0.2, 0.25) is 0 Å². The molecule has 0 spiro atoms. The molecule has 0 aromatic rings. The average Bonchev–Trinajstić information content (AvgIpc) is 2.43. The Morgan fingerprint density at radius 2 is 1.56 bits per heavy atom. The Morgan fingerprint density at radius 1 is 1.06 bits per heavy atom. The minimum absolute atomic E-state index is 0.0143. The molecule has 0 amide bonds. The fourth-order valence-corrected chi connectivity index (χ4v) is 4.72. The highest BCUT2D eigenvalue weighted by atomic mass is 79.9. The molecule has 4 bridgehead atoms. The normalized spacial score (nSPS) is 48.6. The lowest BCUT2D eigenvalue weighted by molar-refractivity contribution is -0.328. The molecule has 8 heteroatoms. The SMILES string of the molecule is FC(F)(F)C1(C(F)(F)F)[C@@H]2C[C@@H]3[C@@H]([C@H]2Br)N31. The Bertz CT molecular complexity index is 335. The molecule has 4 aliphatic rings. The van der Waals surface area contributed by atoms with E-state index >= 15 is 0 Å². The Morgan fingerprint density at radius 3 is 1.69 bits per heavy atom. The van der Waals surface area contributed by atoms with Gasteiger partial charge in [-0.15, -0.1) is 0 Å². The van der Waals surface area contributed by atoms with Crippen molar-refractivity contribution in [1.82, 2.24) is 4.90 Å². The lowest BCUT2D eigenvalue weighted by atomic mass is 9.85. The van der Waals surface area contributed by atoms with Gasteiger partial charge in [0.25, 0.3) is 0 Å². The van der Waals surface area contributed by atoms with Crippen LogP contribution in [-0.2, 0) is 0 Å². The quantitative estimate of drug-likeness (QED) is 0.378. The molecule has 1 unspecified atom stereocenters. The van der Waals surface area contributed by atoms with Gasteiger partial charge in [0, 0.05) is 22.8 Å². The smallest absolute Gasteiger partial charge is 0.272 e. The highest BCUT2D eigenvalue weighted by molar-refractivity contribution is 9.09. The van der Waals surface area contributed by atoms with Crippen molar-refractivity contribution in [2.75, 3.05) is 0 Å². The van der Waals surface area contributed by atoms with Gasteiger partial charge < -0.3 is 0 Å². The van der Waals surface area contributed by atoms with Crippen molar-refractivity contribution in [3.63, 3.8) is 0 Å². The molecule has 0 aromatic carbocycles. The van der Waals surface area contributed by atoms with Gasteiger partial charge in [0.2, 0.25) is 5.54 Å². The van der Waals surface area contributed by atoms with Gasteiger partial charge in [-0.1, -0.05) is 15.9 Å². The van der Waals surface area contributed by atoms with Crippen molar-refractivity contribution < 1.29 is 26.3 Å². The maximum absolute atomic E-state index is 12.9. The second-order valence-corrected chi connectivity index (χ2v) is 5.57. The maximum atomic E-state index is 12.9. The molecular formula is C8H6BrF6N. The zero-order valence-electron chi connectivity index (χ0n) is 7.61. The topological polar surface area (TPSA) is 3.01 Å². The van der Waals surface area contributed by atoms with Gasteiger partial charge in [0.1, 0.15) is 0 Å². The summed E-state index contributed by atoms with van der Waals surface area (Å²) in [5.41, 5.74) is -3.61. The molecule has 92 valence electrons. The summed E-state index contributed by atoms with van der Waals surface area (Å²) in [5.74, 6) is -1.40. The molecule has 5 atom stereocenters. The van der Waals surface area contributed by atoms with Gasteiger partial charge in [-0.05, 0) is 6.42 Å². The van der Waals surface area contributed by atoms with E-state index in [2.05, 4.69) is 15.9 Å². The van der Waals surface area contributed by atoms with Crippen LogP contribution in [0.1, 0.15) is 6.42 Å². The molecule has 3 saturated heterocycles. The molecule has 0 aromatic heterocycles. The van der Waals surface area contributed by atoms with Crippen LogP contribution in [0.3, 0.4) is 0 Å². The monoisotopic (exact) mass is 309 g/mol. The van der Waals surface area contributed by atoms with Crippen LogP contribution >= 0.6 is 15.9 Å². The first-order valence-electron chi connectivity index (χ1n) is 4.70. The van der Waals surface area contributed by atoms with Crippen molar-refractivity contribution in [2.45, 2.75) is 41.2 Å². The third-order valence-electron chi connectivity index (χ3n) is 4.00. The Labute approximate surface area is 94.9 Å². The van der Waals surface area contributed by atoms with Crippen LogP contribution in [-0.4, -0.2) is 39.7 Å². The van der Waals surface area contributed by atoms with Gasteiger partial charge in [-0.2, -0.15) is 26.3 Å². The summed E-state index contributed by atoms with van der Waals surface area (Å²) in [4.78, 5) is -0.0994. The van der Waals surface area contributed by atoms with Gasteiger partial charge in [0.05, 0.1) is 0 Å². The summed E-state index contributed by atoms with van der Waals surface area (Å²) < 4.78 is 77.1. The number of hydrogen-bond donors (Lipinski definition) is 0. The van der Waals surface area contributed by atoms with Gasteiger partial charge in [-0.25, -0.2) is 0 Å². The van der Waals surface area contributed by atoms with E-state index in [4.69, 9.17) is 0 Å². The summed E-state index contributed by atoms with van der Waals surface area (Å²) in [6.45, 7) is 0. The van der Waals surface area contributed by atoms with E-state index in [0.717, 1.165) is 0 Å². The predicted molar refractivity (Wildman–Crippen MR) is 45.1 cm³/mol. The van der Waals surface area contributed by atoms with Gasteiger partial charge >= 0.3 is 12.4 Å². The molecule has 0 radical (unpaired) electrons. The van der Waals surface area contributed by atoms with Crippen molar-refractivity contribution in [3.05, 3.63) is 0 Å². The van der Waals surface area contributed by atoms with Crippen LogP contribution in [0, 0.1) is 5.92 Å². The molecule has 0 N–H and O–H groups in total. The number of nitrogens with zero attached hydrogens (tertiary/aromatic N) is 1. The first kappa shape index (κ1) is 11.1. The maximum Gasteiger partial charge on any atom is 0.416 e. The van der Waals surface area contributed by atoms with E-state index in [1.54, 1.807) is 0 Å². The zero-order chi connectivity index (χ0) is 12.1. The lowest BCUT2D eigenvalue weighted by Crippen LogP contribution is -2.63. The lowest BCUT2D eigenvalue weighted by Gasteiger charge is -2.37. The predicted octanol–water partition coefficient (Wildman–Crippen LogP) is 2.70. The summed E-state index contributed by atoms with van der Waals surface area (Å²) in [6.07, 6.45) is -10.5. The van der Waals surface area contributed by atoms with E-state index in [1.165, 1.54) is 0 Å². The van der Waals surface area contributed by atoms with Crippen molar-refractivity contribution in [3.8, 4) is 0 Å². The standard InChI is InChI=1S/C8H6BrF6N/c9-4-2-1-3-5(4)16(3)6(2,7(10,11)12)8(13,14)15/h2-5H,1H2/t2-,3-,4+,5+,16?/m1/s1. The minimum Gasteiger partial charge on any atom is -0.272 e. The zero-order valence-corrected chi connectivity index (χ0v) is 9.20. The first-order valence-corrected chi connectivity index (χ1v) is 5.61. The van der Waals surface area contributed by atoms with Crippen LogP contribution in [0.5, 0.6) is 0 Å². The van der Waals surface area contributed by atoms with Crippen molar-refractivity contribution in [1.29, 1.82) is 0 Å². The summed E-state index contributed by atoms with van der Waals surface area (Å²) in [7, 11) is 0. The highest BCUT2D eigenvalue weighted by Gasteiger charge is 2.92. The highest BCUT2D eigenvalue weighted by Crippen LogP contribution is 2.73. The average molecular weight is 310 g/mol. The van der Waals surface area contributed by atoms with Crippen molar-refractivity contribution >= 4 is 15.9 Å². The molecule has 1 nitrogen and oxygen atoms in total. The number of halogens is 7. The largest absolute Gasteiger partial charge is 0.416 e. The fraction of sp³-hybridized carbons (Fsp3) is 1.00. The second-order valence-electron chi connectivity index (χ2n) is 4.51. The van der Waals surface area contributed by atoms with Crippen LogP contribution in [0.15, 0.2) is 0 Å². The van der Waals surface area contributed by atoms with Crippen LogP contribution in [0.4, 0.5) is 26.3 Å². The first-order chi connectivity index (χ1) is 7.14. The molecule has 1 aliphatic carbocycles. The Hall–Kier alpha value is 0.0200. The van der Waals surface area contributed by atoms with E-state index in [-0.39, 0.29) is 6.42 Å². The summed E-state index contributed by atoms with van der Waals surface area (Å²) in [5, 5.41) is 0. The van der Waals surface area contributed by atoms with Crippen LogP contribution in [0.25, 0.3) is 0 Å². The van der Waals surface area contributed by atoms with Gasteiger partial charge in [-0.3, -0.25) is 4.90 Å². The number of hydrogen-bond acceptors (Lipinski definition) is 1. The summed E-state index contributed by atoms with van der Waals surface area (Å²) >= 11 is 2.97. The van der Waals surface area contributed by atoms with Crippen molar-refractivity contribution in [2.24, 2.45) is 5.92 Å². The Balaban J connectivity index is 2.14. The van der Waals surface area contributed by atoms with E-state index in [9.17, 15) is 26.3 Å². The fourth-order valence-electron chi connectivity index (χ4n) is 3.51. The number of rotatable bonds is 0. The molecule has 3 aliphatic heterocycles. The third-order valence-corrected chi connectivity index (χ3v) is 5.18. The Kier molecular flexibility index (Phi) is 1.77. The third kappa shape index (κ3) is 0.878. The van der Waals surface area contributed by atoms with Gasteiger partial charge in [0.15, 0.2) is 0 Å². The van der Waals surface area contributed by atoms with E-state index < -0.39 is 40.7 Å². The molecular weight excluding hydrogens is 304 g/mol. The summed E-state index contributed by atoms with van der Waals surface area (Å²) in [6, 6.07) is -1.13. The number of piperidine rings is 3. The minimum atomic E-state index is -5.26. The molecule has 1 saturated carbocycles.